The van der Waals surface area contributed by atoms with E-state index < -0.39 is 23.9 Å². The summed E-state index contributed by atoms with van der Waals surface area (Å²) < 4.78 is 0.0585. The smallest absolute Gasteiger partial charge is 0.326 e. The molecule has 136 valence electrons. The van der Waals surface area contributed by atoms with Gasteiger partial charge in [0.2, 0.25) is 0 Å². The van der Waals surface area contributed by atoms with E-state index in [1.807, 2.05) is 30.3 Å². The van der Waals surface area contributed by atoms with Crippen molar-refractivity contribution in [1.82, 2.24) is 4.90 Å². The number of carbonyl (C=O) groups is 3. The summed E-state index contributed by atoms with van der Waals surface area (Å²) in [5.41, 5.74) is 0.842. The number of amides is 1. The maximum absolute atomic E-state index is 12.5. The SMILES string of the molecule is O=C(O)CC[C@@H](C(=O)O)N1C(=O)/C(=C/C(Cl)=C/c2ccccc2)SC1=S. The molecular weight excluding hydrogens is 398 g/mol. The second kappa shape index (κ2) is 8.98. The van der Waals surface area contributed by atoms with Crippen molar-refractivity contribution >= 4 is 63.8 Å². The second-order valence-electron chi connectivity index (χ2n) is 5.28. The third kappa shape index (κ3) is 5.17. The van der Waals surface area contributed by atoms with Crippen LogP contribution in [0.15, 0.2) is 46.3 Å². The van der Waals surface area contributed by atoms with Crippen LogP contribution in [-0.4, -0.2) is 43.3 Å². The minimum atomic E-state index is -1.33. The van der Waals surface area contributed by atoms with Gasteiger partial charge in [0, 0.05) is 11.5 Å². The number of rotatable bonds is 7. The molecule has 1 fully saturated rings. The Bertz CT molecular complexity index is 807. The van der Waals surface area contributed by atoms with Crippen LogP contribution in [0.3, 0.4) is 0 Å². The van der Waals surface area contributed by atoms with Crippen LogP contribution >= 0.6 is 35.6 Å². The molecule has 0 saturated carbocycles. The molecule has 1 aromatic rings. The average molecular weight is 412 g/mol. The van der Waals surface area contributed by atoms with E-state index in [4.69, 9.17) is 28.9 Å². The number of benzene rings is 1. The molecule has 0 bridgehead atoms. The third-order valence-electron chi connectivity index (χ3n) is 3.43. The first kappa shape index (κ1) is 20.2. The van der Waals surface area contributed by atoms with Crippen LogP contribution < -0.4 is 0 Å². The Morgan fingerprint density at radius 2 is 1.92 bits per heavy atom. The minimum Gasteiger partial charge on any atom is -0.481 e. The number of thioether (sulfide) groups is 1. The van der Waals surface area contributed by atoms with Crippen molar-refractivity contribution in [2.75, 3.05) is 0 Å². The number of halogens is 1. The highest BCUT2D eigenvalue weighted by atomic mass is 35.5. The molecule has 1 aromatic carbocycles. The maximum Gasteiger partial charge on any atom is 0.326 e. The van der Waals surface area contributed by atoms with Crippen LogP contribution in [0.4, 0.5) is 0 Å². The van der Waals surface area contributed by atoms with Gasteiger partial charge >= 0.3 is 11.9 Å². The van der Waals surface area contributed by atoms with Crippen LogP contribution in [0.25, 0.3) is 6.08 Å². The number of carboxylic acid groups (broad SMARTS) is 2. The predicted octanol–water partition coefficient (Wildman–Crippen LogP) is 3.33. The van der Waals surface area contributed by atoms with Gasteiger partial charge in [-0.05, 0) is 24.1 Å². The van der Waals surface area contributed by atoms with Crippen LogP contribution in [0.5, 0.6) is 0 Å². The van der Waals surface area contributed by atoms with E-state index in [1.54, 1.807) is 6.08 Å². The lowest BCUT2D eigenvalue weighted by molar-refractivity contribution is -0.146. The van der Waals surface area contributed by atoms with Crippen molar-refractivity contribution in [2.45, 2.75) is 18.9 Å². The summed E-state index contributed by atoms with van der Waals surface area (Å²) in [4.78, 5) is 35.8. The summed E-state index contributed by atoms with van der Waals surface area (Å²) in [6.45, 7) is 0. The lowest BCUT2D eigenvalue weighted by Crippen LogP contribution is -2.44. The van der Waals surface area contributed by atoms with Crippen LogP contribution in [-0.2, 0) is 14.4 Å². The van der Waals surface area contributed by atoms with Crippen molar-refractivity contribution in [3.8, 4) is 0 Å². The second-order valence-corrected chi connectivity index (χ2v) is 7.39. The molecule has 0 spiro atoms. The fraction of sp³-hybridized carbons (Fsp3) is 0.176. The maximum atomic E-state index is 12.5. The molecule has 1 atom stereocenters. The van der Waals surface area contributed by atoms with E-state index in [2.05, 4.69) is 0 Å². The fourth-order valence-corrected chi connectivity index (χ4v) is 3.89. The van der Waals surface area contributed by atoms with Crippen molar-refractivity contribution in [1.29, 1.82) is 0 Å². The summed E-state index contributed by atoms with van der Waals surface area (Å²) in [6, 6.07) is 7.90. The van der Waals surface area contributed by atoms with Gasteiger partial charge < -0.3 is 10.2 Å². The lowest BCUT2D eigenvalue weighted by Gasteiger charge is -2.22. The first-order valence-corrected chi connectivity index (χ1v) is 9.03. The molecule has 1 aliphatic heterocycles. The van der Waals surface area contributed by atoms with Gasteiger partial charge in [-0.15, -0.1) is 0 Å². The topological polar surface area (TPSA) is 94.9 Å². The summed E-state index contributed by atoms with van der Waals surface area (Å²) >= 11 is 12.2. The van der Waals surface area contributed by atoms with Crippen molar-refractivity contribution in [2.24, 2.45) is 0 Å². The van der Waals surface area contributed by atoms with Gasteiger partial charge in [0.25, 0.3) is 5.91 Å². The zero-order chi connectivity index (χ0) is 19.3. The Kier molecular flexibility index (Phi) is 6.96. The van der Waals surface area contributed by atoms with Crippen LogP contribution in [0.2, 0.25) is 0 Å². The largest absolute Gasteiger partial charge is 0.481 e. The number of aliphatic carboxylic acids is 2. The molecule has 6 nitrogen and oxygen atoms in total. The highest BCUT2D eigenvalue weighted by Crippen LogP contribution is 2.35. The van der Waals surface area contributed by atoms with E-state index >= 15 is 0 Å². The van der Waals surface area contributed by atoms with E-state index in [9.17, 15) is 19.5 Å². The van der Waals surface area contributed by atoms with Crippen LogP contribution in [0.1, 0.15) is 18.4 Å². The highest BCUT2D eigenvalue weighted by molar-refractivity contribution is 8.26. The van der Waals surface area contributed by atoms with Gasteiger partial charge in [0.05, 0.1) is 4.91 Å². The van der Waals surface area contributed by atoms with Gasteiger partial charge in [0.15, 0.2) is 0 Å². The summed E-state index contributed by atoms with van der Waals surface area (Å²) in [6.07, 6.45) is 2.46. The molecule has 0 aromatic heterocycles. The average Bonchev–Trinajstić information content (AvgIpc) is 2.83. The number of hydrogen-bond donors (Lipinski definition) is 2. The Morgan fingerprint density at radius 3 is 2.50 bits per heavy atom. The molecule has 1 saturated heterocycles. The van der Waals surface area contributed by atoms with E-state index in [0.717, 1.165) is 22.2 Å². The standard InChI is InChI=1S/C17H14ClNO5S2/c18-11(8-10-4-2-1-3-5-10)9-13-15(22)19(17(25)26-13)12(16(23)24)6-7-14(20)21/h1-5,8-9,12H,6-7H2,(H,20,21)(H,23,24)/b11-8-,13-9-/t12-/m0/s1. The molecular formula is C17H14ClNO5S2. The monoisotopic (exact) mass is 411 g/mol. The van der Waals surface area contributed by atoms with E-state index in [-0.39, 0.29) is 27.1 Å². The molecule has 0 radical (unpaired) electrons. The molecule has 1 amide bonds. The Balaban J connectivity index is 2.22. The first-order chi connectivity index (χ1) is 12.3. The number of hydrogen-bond acceptors (Lipinski definition) is 5. The predicted molar refractivity (Wildman–Crippen MR) is 104 cm³/mol. The number of carboxylic acids is 2. The Morgan fingerprint density at radius 1 is 1.27 bits per heavy atom. The molecule has 0 unspecified atom stereocenters. The summed E-state index contributed by atoms with van der Waals surface area (Å²) in [5.74, 6) is -3.06. The van der Waals surface area contributed by atoms with Crippen molar-refractivity contribution in [3.63, 3.8) is 0 Å². The fourth-order valence-electron chi connectivity index (χ4n) is 2.25. The molecule has 1 heterocycles. The first-order valence-electron chi connectivity index (χ1n) is 7.43. The van der Waals surface area contributed by atoms with Gasteiger partial charge in [-0.3, -0.25) is 14.5 Å². The number of thiocarbonyl (C=S) groups is 1. The molecule has 9 heteroatoms. The number of allylic oxidation sites excluding steroid dienone is 2. The van der Waals surface area contributed by atoms with Crippen LogP contribution in [0, 0.1) is 0 Å². The summed E-state index contributed by atoms with van der Waals surface area (Å²) in [5, 5.41) is 18.4. The van der Waals surface area contributed by atoms with Crippen molar-refractivity contribution in [3.05, 3.63) is 51.9 Å². The highest BCUT2D eigenvalue weighted by Gasteiger charge is 2.40. The van der Waals surface area contributed by atoms with Gasteiger partial charge in [-0.2, -0.15) is 0 Å². The van der Waals surface area contributed by atoms with E-state index in [1.165, 1.54) is 6.08 Å². The van der Waals surface area contributed by atoms with Crippen molar-refractivity contribution < 1.29 is 24.6 Å². The molecule has 0 aliphatic carbocycles. The Hall–Kier alpha value is -2.16. The van der Waals surface area contributed by atoms with E-state index in [0.29, 0.717) is 0 Å². The molecule has 1 aliphatic rings. The quantitative estimate of drug-likeness (QED) is 0.524. The zero-order valence-corrected chi connectivity index (χ0v) is 15.7. The number of carbonyl (C=O) groups excluding carboxylic acids is 1. The number of nitrogens with zero attached hydrogens (tertiary/aromatic N) is 1. The Labute approximate surface area is 164 Å². The normalized spacial score (nSPS) is 17.7. The molecule has 2 rings (SSSR count). The lowest BCUT2D eigenvalue weighted by atomic mass is 10.1. The van der Waals surface area contributed by atoms with Gasteiger partial charge in [0.1, 0.15) is 10.4 Å². The zero-order valence-electron chi connectivity index (χ0n) is 13.3. The molecule has 26 heavy (non-hydrogen) atoms. The van der Waals surface area contributed by atoms with Gasteiger partial charge in [-0.1, -0.05) is 65.9 Å². The summed E-state index contributed by atoms with van der Waals surface area (Å²) in [7, 11) is 0. The third-order valence-corrected chi connectivity index (χ3v) is 4.97. The molecule has 2 N–H and O–H groups in total. The van der Waals surface area contributed by atoms with Gasteiger partial charge in [-0.25, -0.2) is 4.79 Å². The minimum absolute atomic E-state index is 0.0585.